The van der Waals surface area contributed by atoms with E-state index in [2.05, 4.69) is 15.6 Å². The maximum atomic E-state index is 13.4. The number of hydrogen-bond acceptors (Lipinski definition) is 5. The van der Waals surface area contributed by atoms with Crippen molar-refractivity contribution in [2.75, 3.05) is 32.7 Å². The maximum absolute atomic E-state index is 13.4. The smallest absolute Gasteiger partial charge is 0.349 e. The summed E-state index contributed by atoms with van der Waals surface area (Å²) < 4.78 is 40.3. The first-order chi connectivity index (χ1) is 12.9. The Hall–Kier alpha value is -1.97. The molecule has 146 valence electrons. The van der Waals surface area contributed by atoms with E-state index in [1.54, 1.807) is 6.92 Å². The molecule has 0 spiro atoms. The summed E-state index contributed by atoms with van der Waals surface area (Å²) in [4.78, 5) is 18.6. The summed E-state index contributed by atoms with van der Waals surface area (Å²) in [6.45, 7) is 2.84. The van der Waals surface area contributed by atoms with Crippen molar-refractivity contribution in [1.29, 1.82) is 0 Å². The molecule has 1 saturated heterocycles. The molecule has 0 aliphatic carbocycles. The molecular weight excluding hydrogens is 377 g/mol. The van der Waals surface area contributed by atoms with E-state index < -0.39 is 24.7 Å². The fourth-order valence-corrected chi connectivity index (χ4v) is 4.01. The number of aryl methyl sites for hydroxylation is 1. The lowest BCUT2D eigenvalue weighted by Gasteiger charge is -2.35. The van der Waals surface area contributed by atoms with Gasteiger partial charge >= 0.3 is 6.18 Å². The molecule has 2 heterocycles. The number of hydrogen-bond donors (Lipinski definition) is 2. The lowest BCUT2D eigenvalue weighted by atomic mass is 10.2. The molecule has 0 bridgehead atoms. The third-order valence-electron chi connectivity index (χ3n) is 4.45. The predicted molar refractivity (Wildman–Crippen MR) is 98.9 cm³/mol. The number of alkyl halides is 3. The summed E-state index contributed by atoms with van der Waals surface area (Å²) in [6, 6.07) is 7.69. The molecule has 0 saturated carbocycles. The van der Waals surface area contributed by atoms with E-state index in [9.17, 15) is 18.0 Å². The highest BCUT2D eigenvalue weighted by Crippen LogP contribution is 2.28. The first kappa shape index (κ1) is 19.8. The summed E-state index contributed by atoms with van der Waals surface area (Å²) in [5.41, 5.74) is 1.39. The van der Waals surface area contributed by atoms with Crippen LogP contribution in [0.2, 0.25) is 0 Å². The van der Waals surface area contributed by atoms with Gasteiger partial charge in [0.05, 0.1) is 5.69 Å². The van der Waals surface area contributed by atoms with Crippen LogP contribution >= 0.6 is 11.3 Å². The Morgan fingerprint density at radius 3 is 2.59 bits per heavy atom. The van der Waals surface area contributed by atoms with Crippen LogP contribution in [0.1, 0.15) is 15.4 Å². The summed E-state index contributed by atoms with van der Waals surface area (Å²) in [6.07, 6.45) is -4.40. The molecule has 2 N–H and O–H groups in total. The number of thiazole rings is 1. The third kappa shape index (κ3) is 4.85. The fourth-order valence-electron chi connectivity index (χ4n) is 3.03. The van der Waals surface area contributed by atoms with Crippen molar-refractivity contribution < 1.29 is 18.0 Å². The normalized spacial score (nSPS) is 16.9. The molecule has 1 fully saturated rings. The Kier molecular flexibility index (Phi) is 6.13. The van der Waals surface area contributed by atoms with Crippen LogP contribution in [0.15, 0.2) is 30.3 Å². The molecule has 9 heteroatoms. The van der Waals surface area contributed by atoms with Crippen molar-refractivity contribution >= 4 is 17.2 Å². The highest BCUT2D eigenvalue weighted by Gasteiger charge is 2.43. The molecule has 3 rings (SSSR count). The number of benzene rings is 1. The number of aromatic nitrogens is 1. The highest BCUT2D eigenvalue weighted by atomic mass is 32.1. The zero-order valence-corrected chi connectivity index (χ0v) is 15.7. The van der Waals surface area contributed by atoms with Gasteiger partial charge in [-0.2, -0.15) is 13.2 Å². The minimum atomic E-state index is -4.40. The SMILES string of the molecule is Cc1nc(-c2ccccc2)sc1C(=O)NCC(N1CCNCC1)C(F)(F)F. The molecule has 1 aromatic carbocycles. The van der Waals surface area contributed by atoms with Crippen LogP contribution in [-0.2, 0) is 0 Å². The topological polar surface area (TPSA) is 57.3 Å². The van der Waals surface area contributed by atoms with Gasteiger partial charge in [0.1, 0.15) is 15.9 Å². The summed E-state index contributed by atoms with van der Waals surface area (Å²) in [5.74, 6) is -0.517. The van der Waals surface area contributed by atoms with Gasteiger partial charge in [0, 0.05) is 38.3 Å². The molecule has 0 radical (unpaired) electrons. The van der Waals surface area contributed by atoms with Gasteiger partial charge in [-0.1, -0.05) is 30.3 Å². The first-order valence-electron chi connectivity index (χ1n) is 8.69. The summed E-state index contributed by atoms with van der Waals surface area (Å²) >= 11 is 1.19. The van der Waals surface area contributed by atoms with Gasteiger partial charge in [0.25, 0.3) is 5.91 Å². The Morgan fingerprint density at radius 2 is 1.96 bits per heavy atom. The van der Waals surface area contributed by atoms with Crippen molar-refractivity contribution in [2.45, 2.75) is 19.1 Å². The highest BCUT2D eigenvalue weighted by molar-refractivity contribution is 7.17. The van der Waals surface area contributed by atoms with Gasteiger partial charge in [-0.15, -0.1) is 11.3 Å². The predicted octanol–water partition coefficient (Wildman–Crippen LogP) is 2.68. The van der Waals surface area contributed by atoms with Crippen molar-refractivity contribution in [3.63, 3.8) is 0 Å². The van der Waals surface area contributed by atoms with Gasteiger partial charge in [0.15, 0.2) is 0 Å². The molecule has 2 aromatic rings. The largest absolute Gasteiger partial charge is 0.405 e. The van der Waals surface area contributed by atoms with Crippen LogP contribution in [0.25, 0.3) is 10.6 Å². The second-order valence-electron chi connectivity index (χ2n) is 6.35. The number of rotatable bonds is 5. The van der Waals surface area contributed by atoms with E-state index >= 15 is 0 Å². The number of carbonyl (C=O) groups excluding carboxylic acids is 1. The minimum Gasteiger partial charge on any atom is -0.349 e. The van der Waals surface area contributed by atoms with E-state index in [4.69, 9.17) is 0 Å². The molecular formula is C18H21F3N4OS. The van der Waals surface area contributed by atoms with Gasteiger partial charge in [-0.25, -0.2) is 4.98 Å². The third-order valence-corrected chi connectivity index (χ3v) is 5.66. The van der Waals surface area contributed by atoms with Crippen molar-refractivity contribution in [3.05, 3.63) is 40.9 Å². The van der Waals surface area contributed by atoms with Crippen LogP contribution in [0.3, 0.4) is 0 Å². The number of nitrogens with one attached hydrogen (secondary N) is 2. The molecule has 1 unspecified atom stereocenters. The number of nitrogens with zero attached hydrogens (tertiary/aromatic N) is 2. The van der Waals surface area contributed by atoms with E-state index in [0.717, 1.165) is 5.56 Å². The summed E-state index contributed by atoms with van der Waals surface area (Å²) in [5, 5.41) is 6.17. The molecule has 1 aliphatic heterocycles. The number of piperazine rings is 1. The Bertz CT molecular complexity index is 773. The first-order valence-corrected chi connectivity index (χ1v) is 9.50. The fraction of sp³-hybridized carbons (Fsp3) is 0.444. The Morgan fingerprint density at radius 1 is 1.30 bits per heavy atom. The van der Waals surface area contributed by atoms with Gasteiger partial charge < -0.3 is 10.6 Å². The van der Waals surface area contributed by atoms with Crippen LogP contribution in [0.5, 0.6) is 0 Å². The maximum Gasteiger partial charge on any atom is 0.405 e. The molecule has 1 aromatic heterocycles. The standard InChI is InChI=1S/C18H21F3N4OS/c1-12-15(27-17(24-12)13-5-3-2-4-6-13)16(26)23-11-14(18(19,20)21)25-9-7-22-8-10-25/h2-6,14,22H,7-11H2,1H3,(H,23,26). The molecule has 1 amide bonds. The zero-order valence-electron chi connectivity index (χ0n) is 14.8. The van der Waals surface area contributed by atoms with E-state index in [-0.39, 0.29) is 0 Å². The average Bonchev–Trinajstić information content (AvgIpc) is 3.04. The van der Waals surface area contributed by atoms with Crippen LogP contribution in [0.4, 0.5) is 13.2 Å². The number of amides is 1. The molecule has 27 heavy (non-hydrogen) atoms. The van der Waals surface area contributed by atoms with Crippen LogP contribution < -0.4 is 10.6 Å². The van der Waals surface area contributed by atoms with Crippen LogP contribution in [0, 0.1) is 6.92 Å². The second kappa shape index (κ2) is 8.37. The minimum absolute atomic E-state index is 0.303. The molecule has 1 atom stereocenters. The number of carbonyl (C=O) groups is 1. The van der Waals surface area contributed by atoms with Crippen molar-refractivity contribution in [2.24, 2.45) is 0 Å². The van der Waals surface area contributed by atoms with Gasteiger partial charge in [-0.05, 0) is 6.92 Å². The molecule has 5 nitrogen and oxygen atoms in total. The van der Waals surface area contributed by atoms with Gasteiger partial charge in [0.2, 0.25) is 0 Å². The quantitative estimate of drug-likeness (QED) is 0.813. The van der Waals surface area contributed by atoms with Gasteiger partial charge in [-0.3, -0.25) is 9.69 Å². The molecule has 1 aliphatic rings. The summed E-state index contributed by atoms with van der Waals surface area (Å²) in [7, 11) is 0. The monoisotopic (exact) mass is 398 g/mol. The van der Waals surface area contributed by atoms with Crippen LogP contribution in [-0.4, -0.2) is 60.7 Å². The van der Waals surface area contributed by atoms with E-state index in [0.29, 0.717) is 41.8 Å². The van der Waals surface area contributed by atoms with Crippen molar-refractivity contribution in [3.8, 4) is 10.6 Å². The zero-order chi connectivity index (χ0) is 19.4. The number of halogens is 3. The van der Waals surface area contributed by atoms with E-state index in [1.807, 2.05) is 30.3 Å². The van der Waals surface area contributed by atoms with E-state index in [1.165, 1.54) is 16.2 Å². The lowest BCUT2D eigenvalue weighted by molar-refractivity contribution is -0.183. The lowest BCUT2D eigenvalue weighted by Crippen LogP contribution is -2.57. The Labute approximate surface area is 159 Å². The average molecular weight is 398 g/mol. The Balaban J connectivity index is 1.70. The second-order valence-corrected chi connectivity index (χ2v) is 7.35. The van der Waals surface area contributed by atoms with Crippen molar-refractivity contribution in [1.82, 2.24) is 20.5 Å².